The van der Waals surface area contributed by atoms with Gasteiger partial charge in [0, 0.05) is 5.56 Å². The number of phenols is 1. The summed E-state index contributed by atoms with van der Waals surface area (Å²) in [6, 6.07) is 10.9. The van der Waals surface area contributed by atoms with Gasteiger partial charge in [0.2, 0.25) is 0 Å². The van der Waals surface area contributed by atoms with Crippen LogP contribution in [-0.2, 0) is 4.79 Å². The fourth-order valence-electron chi connectivity index (χ4n) is 2.73. The van der Waals surface area contributed by atoms with Gasteiger partial charge in [-0.05, 0) is 43.7 Å². The van der Waals surface area contributed by atoms with Gasteiger partial charge in [-0.25, -0.2) is 4.79 Å². The maximum Gasteiger partial charge on any atom is 0.326 e. The molecule has 0 saturated heterocycles. The molecule has 6 nitrogen and oxygen atoms in total. The molecule has 3 rings (SSSR count). The molecule has 26 heavy (non-hydrogen) atoms. The van der Waals surface area contributed by atoms with Crippen LogP contribution in [0.1, 0.15) is 35.3 Å². The van der Waals surface area contributed by atoms with Crippen molar-refractivity contribution < 1.29 is 19.8 Å². The second kappa shape index (κ2) is 7.13. The van der Waals surface area contributed by atoms with Crippen LogP contribution < -0.4 is 4.80 Å². The Labute approximate surface area is 153 Å². The Morgan fingerprint density at radius 3 is 2.50 bits per heavy atom. The number of carbonyl (C=O) groups is 2. The number of carboxylic acid groups (broad SMARTS) is 1. The monoisotopic (exact) mass is 370 g/mol. The van der Waals surface area contributed by atoms with Gasteiger partial charge in [-0.2, -0.15) is 4.99 Å². The van der Waals surface area contributed by atoms with Crippen LogP contribution in [0.2, 0.25) is 0 Å². The van der Waals surface area contributed by atoms with Crippen LogP contribution in [0.5, 0.6) is 5.75 Å². The highest BCUT2D eigenvalue weighted by molar-refractivity contribution is 7.16. The number of aliphatic carboxylic acids is 1. The molecular formula is C19H18N2O4S. The number of hydrogen-bond donors (Lipinski definition) is 2. The van der Waals surface area contributed by atoms with Crippen LogP contribution in [-0.4, -0.2) is 26.7 Å². The minimum atomic E-state index is -0.996. The van der Waals surface area contributed by atoms with E-state index in [1.807, 2.05) is 19.1 Å². The van der Waals surface area contributed by atoms with Gasteiger partial charge in [-0.3, -0.25) is 4.79 Å². The van der Waals surface area contributed by atoms with Crippen molar-refractivity contribution in [3.05, 3.63) is 58.4 Å². The summed E-state index contributed by atoms with van der Waals surface area (Å²) < 4.78 is 2.22. The summed E-state index contributed by atoms with van der Waals surface area (Å²) in [6.45, 7) is 3.69. The smallest absolute Gasteiger partial charge is 0.326 e. The van der Waals surface area contributed by atoms with Gasteiger partial charge in [0.15, 0.2) is 4.80 Å². The van der Waals surface area contributed by atoms with E-state index in [4.69, 9.17) is 0 Å². The summed E-state index contributed by atoms with van der Waals surface area (Å²) in [4.78, 5) is 28.7. The van der Waals surface area contributed by atoms with Gasteiger partial charge < -0.3 is 14.8 Å². The predicted molar refractivity (Wildman–Crippen MR) is 99.5 cm³/mol. The molecule has 0 aliphatic carbocycles. The molecule has 1 amide bonds. The van der Waals surface area contributed by atoms with E-state index >= 15 is 0 Å². The van der Waals surface area contributed by atoms with Crippen LogP contribution in [0.4, 0.5) is 0 Å². The van der Waals surface area contributed by atoms with Crippen molar-refractivity contribution in [3.63, 3.8) is 0 Å². The molecule has 1 atom stereocenters. The number of aryl methyl sites for hydroxylation is 1. The number of hydrogen-bond acceptors (Lipinski definition) is 4. The maximum absolute atomic E-state index is 12.5. The zero-order chi connectivity index (χ0) is 18.8. The number of rotatable bonds is 4. The molecule has 0 aliphatic rings. The van der Waals surface area contributed by atoms with Crippen molar-refractivity contribution in [2.75, 3.05) is 0 Å². The van der Waals surface area contributed by atoms with Crippen molar-refractivity contribution in [2.24, 2.45) is 4.99 Å². The molecule has 7 heteroatoms. The summed E-state index contributed by atoms with van der Waals surface area (Å²) in [7, 11) is 0. The highest BCUT2D eigenvalue weighted by atomic mass is 32.1. The standard InChI is InChI=1S/C19H18N2O4S/c1-3-14(18(24)25)21-15-9-8-13(22)10-16(15)26-19(21)20-17(23)12-6-4-11(2)5-7-12/h4-10,14,22H,3H2,1-2H3,(H,24,25). The molecule has 0 fully saturated rings. The first-order valence-electron chi connectivity index (χ1n) is 8.13. The Kier molecular flexibility index (Phi) is 4.90. The number of phenolic OH excluding ortho intramolecular Hbond substituents is 1. The molecule has 0 radical (unpaired) electrons. The number of thiazole rings is 1. The molecule has 0 aliphatic heterocycles. The van der Waals surface area contributed by atoms with Gasteiger partial charge in [0.05, 0.1) is 10.2 Å². The minimum absolute atomic E-state index is 0.0747. The lowest BCUT2D eigenvalue weighted by Gasteiger charge is -2.13. The summed E-state index contributed by atoms with van der Waals surface area (Å²) >= 11 is 1.18. The summed E-state index contributed by atoms with van der Waals surface area (Å²) in [5.41, 5.74) is 2.09. The van der Waals surface area contributed by atoms with Gasteiger partial charge in [-0.15, -0.1) is 0 Å². The van der Waals surface area contributed by atoms with E-state index in [2.05, 4.69) is 4.99 Å². The largest absolute Gasteiger partial charge is 0.508 e. The number of aromatic hydroxyl groups is 1. The lowest BCUT2D eigenvalue weighted by Crippen LogP contribution is -2.27. The van der Waals surface area contributed by atoms with E-state index in [-0.39, 0.29) is 5.75 Å². The second-order valence-electron chi connectivity index (χ2n) is 5.95. The topological polar surface area (TPSA) is 91.9 Å². The van der Waals surface area contributed by atoms with Crippen molar-refractivity contribution >= 4 is 33.4 Å². The molecule has 0 saturated carbocycles. The number of nitrogens with zero attached hydrogens (tertiary/aromatic N) is 2. The maximum atomic E-state index is 12.5. The van der Waals surface area contributed by atoms with Gasteiger partial charge in [0.1, 0.15) is 11.8 Å². The molecule has 0 bridgehead atoms. The average Bonchev–Trinajstić information content (AvgIpc) is 2.93. The molecule has 134 valence electrons. The molecular weight excluding hydrogens is 352 g/mol. The zero-order valence-corrected chi connectivity index (χ0v) is 15.2. The van der Waals surface area contributed by atoms with Crippen LogP contribution in [0, 0.1) is 6.92 Å². The van der Waals surface area contributed by atoms with E-state index in [1.165, 1.54) is 17.4 Å². The summed E-state index contributed by atoms with van der Waals surface area (Å²) in [5, 5.41) is 19.3. The zero-order valence-electron chi connectivity index (χ0n) is 14.3. The Balaban J connectivity index is 2.22. The first-order chi connectivity index (χ1) is 12.4. The lowest BCUT2D eigenvalue weighted by atomic mass is 10.1. The molecule has 0 spiro atoms. The number of aromatic nitrogens is 1. The normalized spacial score (nSPS) is 13.1. The van der Waals surface area contributed by atoms with E-state index in [9.17, 15) is 19.8 Å². The number of amides is 1. The molecule has 1 unspecified atom stereocenters. The molecule has 3 aromatic rings. The third-order valence-electron chi connectivity index (χ3n) is 4.09. The van der Waals surface area contributed by atoms with E-state index in [0.717, 1.165) is 5.56 Å². The number of carbonyl (C=O) groups excluding carboxylic acids is 1. The Bertz CT molecular complexity index is 1050. The number of carboxylic acids is 1. The second-order valence-corrected chi connectivity index (χ2v) is 6.96. The molecule has 2 aromatic carbocycles. The Hall–Kier alpha value is -2.93. The van der Waals surface area contributed by atoms with E-state index in [1.54, 1.807) is 35.8 Å². The fourth-order valence-corrected chi connectivity index (χ4v) is 3.83. The quantitative estimate of drug-likeness (QED) is 0.735. The van der Waals surface area contributed by atoms with Crippen LogP contribution in [0.15, 0.2) is 47.5 Å². The third kappa shape index (κ3) is 3.39. The van der Waals surface area contributed by atoms with Crippen molar-refractivity contribution in [1.29, 1.82) is 0 Å². The van der Waals surface area contributed by atoms with Crippen LogP contribution in [0.3, 0.4) is 0 Å². The first-order valence-corrected chi connectivity index (χ1v) is 8.95. The minimum Gasteiger partial charge on any atom is -0.508 e. The predicted octanol–water partition coefficient (Wildman–Crippen LogP) is 3.49. The molecule has 2 N–H and O–H groups in total. The van der Waals surface area contributed by atoms with E-state index in [0.29, 0.717) is 27.0 Å². The fraction of sp³-hybridized carbons (Fsp3) is 0.211. The molecule has 1 heterocycles. The third-order valence-corrected chi connectivity index (χ3v) is 5.11. The van der Waals surface area contributed by atoms with Crippen molar-refractivity contribution in [1.82, 2.24) is 4.57 Å². The Morgan fingerprint density at radius 1 is 1.19 bits per heavy atom. The van der Waals surface area contributed by atoms with Gasteiger partial charge in [0.25, 0.3) is 5.91 Å². The summed E-state index contributed by atoms with van der Waals surface area (Å²) in [6.07, 6.45) is 0.341. The average molecular weight is 370 g/mol. The molecule has 1 aromatic heterocycles. The number of fused-ring (bicyclic) bond motifs is 1. The van der Waals surface area contributed by atoms with Crippen molar-refractivity contribution in [2.45, 2.75) is 26.3 Å². The SMILES string of the molecule is CCC(C(=O)O)n1c(=NC(=O)c2ccc(C)cc2)sc2cc(O)ccc21. The van der Waals surface area contributed by atoms with Crippen LogP contribution >= 0.6 is 11.3 Å². The highest BCUT2D eigenvalue weighted by Crippen LogP contribution is 2.26. The van der Waals surface area contributed by atoms with Gasteiger partial charge >= 0.3 is 5.97 Å². The van der Waals surface area contributed by atoms with Crippen LogP contribution in [0.25, 0.3) is 10.2 Å². The summed E-state index contributed by atoms with van der Waals surface area (Å²) in [5.74, 6) is -1.36. The highest BCUT2D eigenvalue weighted by Gasteiger charge is 2.22. The first kappa shape index (κ1) is 17.9. The number of benzene rings is 2. The van der Waals surface area contributed by atoms with E-state index < -0.39 is 17.9 Å². The Morgan fingerprint density at radius 2 is 1.88 bits per heavy atom. The van der Waals surface area contributed by atoms with Crippen molar-refractivity contribution in [3.8, 4) is 5.75 Å². The lowest BCUT2D eigenvalue weighted by molar-refractivity contribution is -0.140. The van der Waals surface area contributed by atoms with Gasteiger partial charge in [-0.1, -0.05) is 36.0 Å².